The Morgan fingerprint density at radius 3 is 2.71 bits per heavy atom. The molecule has 0 fully saturated rings. The molecule has 1 heterocycles. The third-order valence-corrected chi connectivity index (χ3v) is 3.00. The number of halogens is 1. The maximum atomic E-state index is 13.3. The summed E-state index contributed by atoms with van der Waals surface area (Å²) in [4.78, 5) is 0. The number of hydrogen-bond donors (Lipinski definition) is 2. The smallest absolute Gasteiger partial charge is 0.128 e. The molecule has 2 aromatic rings. The van der Waals surface area contributed by atoms with Gasteiger partial charge in [-0.2, -0.15) is 5.10 Å². The highest BCUT2D eigenvalue weighted by atomic mass is 19.1. The summed E-state index contributed by atoms with van der Waals surface area (Å²) in [6, 6.07) is 5.05. The van der Waals surface area contributed by atoms with E-state index in [0.29, 0.717) is 12.1 Å². The number of rotatable bonds is 3. The van der Waals surface area contributed by atoms with Crippen LogP contribution in [-0.2, 0) is 6.54 Å². The van der Waals surface area contributed by atoms with Crippen molar-refractivity contribution < 1.29 is 4.39 Å². The topological polar surface area (TPSA) is 40.7 Å². The van der Waals surface area contributed by atoms with Crippen LogP contribution in [0.3, 0.4) is 0 Å². The lowest BCUT2D eigenvalue weighted by Crippen LogP contribution is -2.03. The largest absolute Gasteiger partial charge is 0.381 e. The summed E-state index contributed by atoms with van der Waals surface area (Å²) in [5, 5.41) is 10.3. The van der Waals surface area contributed by atoms with E-state index in [-0.39, 0.29) is 5.82 Å². The van der Waals surface area contributed by atoms with Gasteiger partial charge in [0.05, 0.1) is 5.69 Å². The molecule has 0 saturated heterocycles. The molecule has 1 aromatic heterocycles. The number of aromatic amines is 1. The minimum atomic E-state index is -0.185. The van der Waals surface area contributed by atoms with Gasteiger partial charge < -0.3 is 5.32 Å². The Balaban J connectivity index is 2.15. The molecule has 2 rings (SSSR count). The van der Waals surface area contributed by atoms with Gasteiger partial charge in [-0.05, 0) is 32.9 Å². The zero-order valence-electron chi connectivity index (χ0n) is 10.3. The van der Waals surface area contributed by atoms with Crippen LogP contribution in [-0.4, -0.2) is 10.2 Å². The average molecular weight is 233 g/mol. The molecular weight excluding hydrogens is 217 g/mol. The van der Waals surface area contributed by atoms with Crippen LogP contribution in [0.5, 0.6) is 0 Å². The molecule has 0 aliphatic heterocycles. The van der Waals surface area contributed by atoms with Gasteiger partial charge in [0.1, 0.15) is 5.82 Å². The van der Waals surface area contributed by atoms with Crippen molar-refractivity contribution in [3.63, 3.8) is 0 Å². The summed E-state index contributed by atoms with van der Waals surface area (Å²) in [5.74, 6) is -0.185. The Hall–Kier alpha value is -1.84. The fourth-order valence-electron chi connectivity index (χ4n) is 1.82. The second-order valence-electron chi connectivity index (χ2n) is 4.18. The lowest BCUT2D eigenvalue weighted by atomic mass is 10.1. The van der Waals surface area contributed by atoms with E-state index in [0.717, 1.165) is 22.6 Å². The Bertz CT molecular complexity index is 512. The van der Waals surface area contributed by atoms with Crippen molar-refractivity contribution in [3.05, 3.63) is 46.5 Å². The first-order chi connectivity index (χ1) is 8.09. The second kappa shape index (κ2) is 4.57. The van der Waals surface area contributed by atoms with Gasteiger partial charge >= 0.3 is 0 Å². The van der Waals surface area contributed by atoms with Crippen LogP contribution in [0.25, 0.3) is 0 Å². The summed E-state index contributed by atoms with van der Waals surface area (Å²) in [6.45, 7) is 6.36. The number of nitrogens with zero attached hydrogens (tertiary/aromatic N) is 1. The van der Waals surface area contributed by atoms with Crippen LogP contribution in [0.1, 0.15) is 22.5 Å². The van der Waals surface area contributed by atoms with Gasteiger partial charge in [0.2, 0.25) is 0 Å². The number of aryl methyl sites for hydroxylation is 2. The third-order valence-electron chi connectivity index (χ3n) is 3.00. The fraction of sp³-hybridized carbons (Fsp3) is 0.308. The zero-order chi connectivity index (χ0) is 12.4. The highest BCUT2D eigenvalue weighted by Crippen LogP contribution is 2.19. The molecule has 0 bridgehead atoms. The molecule has 2 N–H and O–H groups in total. The van der Waals surface area contributed by atoms with Crippen molar-refractivity contribution in [1.29, 1.82) is 0 Å². The molecule has 0 atom stereocenters. The predicted molar refractivity (Wildman–Crippen MR) is 66.5 cm³/mol. The standard InChI is InChI=1S/C13H16FN3/c1-8-12(14)5-4-6-13(8)15-7-11-9(2)16-17-10(11)3/h4-6,15H,7H2,1-3H3,(H,16,17). The predicted octanol–water partition coefficient (Wildman–Crippen LogP) is 3.09. The summed E-state index contributed by atoms with van der Waals surface area (Å²) in [7, 11) is 0. The first kappa shape index (κ1) is 11.6. The van der Waals surface area contributed by atoms with Gasteiger partial charge in [-0.3, -0.25) is 5.10 Å². The van der Waals surface area contributed by atoms with Crippen LogP contribution in [0, 0.1) is 26.6 Å². The molecule has 0 aliphatic carbocycles. The van der Waals surface area contributed by atoms with E-state index in [4.69, 9.17) is 0 Å². The first-order valence-electron chi connectivity index (χ1n) is 5.59. The molecule has 0 aliphatic rings. The highest BCUT2D eigenvalue weighted by Gasteiger charge is 2.07. The lowest BCUT2D eigenvalue weighted by Gasteiger charge is -2.10. The second-order valence-corrected chi connectivity index (χ2v) is 4.18. The van der Waals surface area contributed by atoms with Crippen molar-refractivity contribution in [3.8, 4) is 0 Å². The van der Waals surface area contributed by atoms with Crippen LogP contribution in [0.2, 0.25) is 0 Å². The Morgan fingerprint density at radius 1 is 1.29 bits per heavy atom. The summed E-state index contributed by atoms with van der Waals surface area (Å²) >= 11 is 0. The van der Waals surface area contributed by atoms with Crippen molar-refractivity contribution in [2.24, 2.45) is 0 Å². The minimum absolute atomic E-state index is 0.185. The van der Waals surface area contributed by atoms with E-state index in [1.807, 2.05) is 19.9 Å². The Kier molecular flexibility index (Phi) is 3.13. The van der Waals surface area contributed by atoms with Gasteiger partial charge in [-0.1, -0.05) is 6.07 Å². The van der Waals surface area contributed by atoms with E-state index in [1.54, 1.807) is 13.0 Å². The third kappa shape index (κ3) is 2.30. The number of aromatic nitrogens is 2. The SMILES string of the molecule is Cc1n[nH]c(C)c1CNc1cccc(F)c1C. The van der Waals surface area contributed by atoms with Crippen molar-refractivity contribution in [2.75, 3.05) is 5.32 Å². The number of benzene rings is 1. The molecule has 90 valence electrons. The molecule has 4 heteroatoms. The number of hydrogen-bond acceptors (Lipinski definition) is 2. The van der Waals surface area contributed by atoms with E-state index in [9.17, 15) is 4.39 Å². The van der Waals surface area contributed by atoms with Crippen molar-refractivity contribution in [1.82, 2.24) is 10.2 Å². The maximum absolute atomic E-state index is 13.3. The molecule has 0 saturated carbocycles. The Labute approximate surface area is 100 Å². The number of anilines is 1. The van der Waals surface area contributed by atoms with E-state index in [2.05, 4.69) is 15.5 Å². The summed E-state index contributed by atoms with van der Waals surface area (Å²) < 4.78 is 13.3. The normalized spacial score (nSPS) is 10.6. The minimum Gasteiger partial charge on any atom is -0.381 e. The molecule has 0 unspecified atom stereocenters. The maximum Gasteiger partial charge on any atom is 0.128 e. The monoisotopic (exact) mass is 233 g/mol. The number of H-pyrrole nitrogens is 1. The van der Waals surface area contributed by atoms with Gasteiger partial charge in [-0.15, -0.1) is 0 Å². The van der Waals surface area contributed by atoms with Crippen LogP contribution in [0.4, 0.5) is 10.1 Å². The zero-order valence-corrected chi connectivity index (χ0v) is 10.3. The van der Waals surface area contributed by atoms with E-state index >= 15 is 0 Å². The molecular formula is C13H16FN3. The van der Waals surface area contributed by atoms with Crippen LogP contribution < -0.4 is 5.32 Å². The summed E-state index contributed by atoms with van der Waals surface area (Å²) in [5.41, 5.74) is 4.62. The van der Waals surface area contributed by atoms with Crippen LogP contribution >= 0.6 is 0 Å². The lowest BCUT2D eigenvalue weighted by molar-refractivity contribution is 0.619. The fourth-order valence-corrected chi connectivity index (χ4v) is 1.82. The molecule has 3 nitrogen and oxygen atoms in total. The van der Waals surface area contributed by atoms with E-state index in [1.165, 1.54) is 6.07 Å². The van der Waals surface area contributed by atoms with Gasteiger partial charge in [0.15, 0.2) is 0 Å². The average Bonchev–Trinajstić information content (AvgIpc) is 2.62. The van der Waals surface area contributed by atoms with Crippen LogP contribution in [0.15, 0.2) is 18.2 Å². The van der Waals surface area contributed by atoms with E-state index < -0.39 is 0 Å². The first-order valence-corrected chi connectivity index (χ1v) is 5.59. The number of nitrogens with one attached hydrogen (secondary N) is 2. The van der Waals surface area contributed by atoms with Gasteiger partial charge in [-0.25, -0.2) is 4.39 Å². The molecule has 17 heavy (non-hydrogen) atoms. The molecule has 0 radical (unpaired) electrons. The molecule has 0 amide bonds. The van der Waals surface area contributed by atoms with Crippen molar-refractivity contribution >= 4 is 5.69 Å². The molecule has 1 aromatic carbocycles. The van der Waals surface area contributed by atoms with Crippen molar-refractivity contribution in [2.45, 2.75) is 27.3 Å². The highest BCUT2D eigenvalue weighted by molar-refractivity contribution is 5.51. The quantitative estimate of drug-likeness (QED) is 0.855. The van der Waals surface area contributed by atoms with Gasteiger partial charge in [0.25, 0.3) is 0 Å². The molecule has 0 spiro atoms. The Morgan fingerprint density at radius 2 is 2.06 bits per heavy atom. The summed E-state index contributed by atoms with van der Waals surface area (Å²) in [6.07, 6.45) is 0. The van der Waals surface area contributed by atoms with Gasteiger partial charge in [0, 0.05) is 29.1 Å².